The predicted molar refractivity (Wildman–Crippen MR) is 111 cm³/mol. The number of benzene rings is 2. The second-order valence-corrected chi connectivity index (χ2v) is 8.80. The van der Waals surface area contributed by atoms with Crippen molar-refractivity contribution >= 4 is 33.2 Å². The number of amides is 1. The van der Waals surface area contributed by atoms with Crippen LogP contribution in [0.2, 0.25) is 5.02 Å². The predicted octanol–water partition coefficient (Wildman–Crippen LogP) is 2.62. The smallest absolute Gasteiger partial charge is 0.264 e. The molecular formula is C20H23ClN2O5S. The highest BCUT2D eigenvalue weighted by atomic mass is 35.5. The van der Waals surface area contributed by atoms with Crippen molar-refractivity contribution in [1.29, 1.82) is 0 Å². The first-order valence-corrected chi connectivity index (χ1v) is 11.0. The van der Waals surface area contributed by atoms with Gasteiger partial charge in [0.1, 0.15) is 5.75 Å². The standard InChI is InChI=1S/C20H23ClN2O5S/c1-27-12-10-22-20(24)14-28-19-9-8-16(13-17(19)21)29(25,26)23-11-4-6-15-5-2-3-7-18(15)23/h2-3,5,7-9,13H,4,6,10-12,14H2,1H3,(H,22,24). The van der Waals surface area contributed by atoms with Gasteiger partial charge in [0.15, 0.2) is 6.61 Å². The molecule has 9 heteroatoms. The molecule has 0 unspecified atom stereocenters. The van der Waals surface area contributed by atoms with E-state index in [4.69, 9.17) is 21.1 Å². The van der Waals surface area contributed by atoms with Crippen molar-refractivity contribution in [2.24, 2.45) is 0 Å². The molecule has 0 bridgehead atoms. The van der Waals surface area contributed by atoms with Crippen LogP contribution in [0.4, 0.5) is 5.69 Å². The van der Waals surface area contributed by atoms with Crippen molar-refractivity contribution in [3.8, 4) is 5.75 Å². The van der Waals surface area contributed by atoms with E-state index in [0.29, 0.717) is 25.4 Å². The second-order valence-electron chi connectivity index (χ2n) is 6.53. The second kappa shape index (κ2) is 9.47. The van der Waals surface area contributed by atoms with Crippen LogP contribution in [0.25, 0.3) is 0 Å². The Morgan fingerprint density at radius 1 is 1.24 bits per heavy atom. The van der Waals surface area contributed by atoms with Gasteiger partial charge < -0.3 is 14.8 Å². The molecule has 0 aromatic heterocycles. The van der Waals surface area contributed by atoms with Crippen molar-refractivity contribution in [3.05, 3.63) is 53.1 Å². The van der Waals surface area contributed by atoms with Crippen molar-refractivity contribution in [3.63, 3.8) is 0 Å². The number of carbonyl (C=O) groups is 1. The number of hydrogen-bond donors (Lipinski definition) is 1. The van der Waals surface area contributed by atoms with Crippen molar-refractivity contribution < 1.29 is 22.7 Å². The molecule has 29 heavy (non-hydrogen) atoms. The average Bonchev–Trinajstić information content (AvgIpc) is 2.72. The summed E-state index contributed by atoms with van der Waals surface area (Å²) in [6.45, 7) is 0.964. The summed E-state index contributed by atoms with van der Waals surface area (Å²) in [6.07, 6.45) is 1.60. The number of nitrogens with one attached hydrogen (secondary N) is 1. The Morgan fingerprint density at radius 3 is 2.79 bits per heavy atom. The van der Waals surface area contributed by atoms with Gasteiger partial charge in [-0.05, 0) is 42.7 Å². The van der Waals surface area contributed by atoms with Gasteiger partial charge in [-0.2, -0.15) is 0 Å². The van der Waals surface area contributed by atoms with Gasteiger partial charge in [0.25, 0.3) is 15.9 Å². The van der Waals surface area contributed by atoms with Crippen LogP contribution in [-0.4, -0.2) is 47.7 Å². The summed E-state index contributed by atoms with van der Waals surface area (Å²) in [7, 11) is -2.22. The zero-order chi connectivity index (χ0) is 20.9. The van der Waals surface area contributed by atoms with Gasteiger partial charge in [-0.15, -0.1) is 0 Å². The SMILES string of the molecule is COCCNC(=O)COc1ccc(S(=O)(=O)N2CCCc3ccccc32)cc1Cl. The first-order chi connectivity index (χ1) is 13.9. The Hall–Kier alpha value is -2.29. The fourth-order valence-corrected chi connectivity index (χ4v) is 4.99. The lowest BCUT2D eigenvalue weighted by molar-refractivity contribution is -0.123. The van der Waals surface area contributed by atoms with Crippen LogP contribution >= 0.6 is 11.6 Å². The minimum Gasteiger partial charge on any atom is -0.482 e. The number of aryl methyl sites for hydroxylation is 1. The molecule has 0 atom stereocenters. The molecule has 7 nitrogen and oxygen atoms in total. The maximum atomic E-state index is 13.2. The van der Waals surface area contributed by atoms with Gasteiger partial charge >= 0.3 is 0 Å². The lowest BCUT2D eigenvalue weighted by Gasteiger charge is -2.30. The minimum absolute atomic E-state index is 0.0797. The van der Waals surface area contributed by atoms with Crippen molar-refractivity contribution in [1.82, 2.24) is 5.32 Å². The van der Waals surface area contributed by atoms with Crippen LogP contribution in [0.15, 0.2) is 47.4 Å². The summed E-state index contributed by atoms with van der Waals surface area (Å²) in [6, 6.07) is 11.7. The molecule has 0 saturated heterocycles. The van der Waals surface area contributed by atoms with E-state index in [1.54, 1.807) is 7.11 Å². The van der Waals surface area contributed by atoms with E-state index in [9.17, 15) is 13.2 Å². The number of ether oxygens (including phenoxy) is 2. The molecule has 1 aliphatic heterocycles. The van der Waals surface area contributed by atoms with Crippen molar-refractivity contribution in [2.75, 3.05) is 37.7 Å². The number of anilines is 1. The van der Waals surface area contributed by atoms with E-state index in [1.807, 2.05) is 24.3 Å². The molecule has 0 radical (unpaired) electrons. The molecule has 1 N–H and O–H groups in total. The van der Waals surface area contributed by atoms with Crippen LogP contribution < -0.4 is 14.4 Å². The number of fused-ring (bicyclic) bond motifs is 1. The quantitative estimate of drug-likeness (QED) is 0.640. The number of methoxy groups -OCH3 is 1. The summed E-state index contributed by atoms with van der Waals surface area (Å²) in [5.74, 6) is -0.0775. The first kappa shape index (κ1) is 21.4. The van der Waals surface area contributed by atoms with Gasteiger partial charge in [-0.1, -0.05) is 29.8 Å². The third-order valence-corrected chi connectivity index (χ3v) is 6.65. The number of halogens is 1. The van der Waals surface area contributed by atoms with Gasteiger partial charge in [-0.25, -0.2) is 8.42 Å². The molecule has 1 heterocycles. The molecule has 0 fully saturated rings. The average molecular weight is 439 g/mol. The minimum atomic E-state index is -3.76. The zero-order valence-corrected chi connectivity index (χ0v) is 17.6. The maximum absolute atomic E-state index is 13.2. The molecule has 1 amide bonds. The third-order valence-electron chi connectivity index (χ3n) is 4.55. The number of carbonyl (C=O) groups excluding carboxylic acids is 1. The highest BCUT2D eigenvalue weighted by molar-refractivity contribution is 7.92. The largest absolute Gasteiger partial charge is 0.482 e. The lowest BCUT2D eigenvalue weighted by atomic mass is 10.0. The number of sulfonamides is 1. The van der Waals surface area contributed by atoms with Crippen LogP contribution in [0, 0.1) is 0 Å². The number of rotatable bonds is 8. The molecule has 0 aliphatic carbocycles. The monoisotopic (exact) mass is 438 g/mol. The first-order valence-electron chi connectivity index (χ1n) is 9.22. The Morgan fingerprint density at radius 2 is 2.03 bits per heavy atom. The van der Waals surface area contributed by atoms with Gasteiger partial charge in [0, 0.05) is 20.2 Å². The molecule has 2 aromatic carbocycles. The normalized spacial score (nSPS) is 13.7. The van der Waals surface area contributed by atoms with E-state index in [-0.39, 0.29) is 28.2 Å². The van der Waals surface area contributed by atoms with Crippen LogP contribution in [0.1, 0.15) is 12.0 Å². The summed E-state index contributed by atoms with van der Waals surface area (Å²) in [5, 5.41) is 2.75. The molecular weight excluding hydrogens is 416 g/mol. The number of para-hydroxylation sites is 1. The highest BCUT2D eigenvalue weighted by Crippen LogP contribution is 2.34. The maximum Gasteiger partial charge on any atom is 0.264 e. The zero-order valence-electron chi connectivity index (χ0n) is 16.1. The van der Waals surface area contributed by atoms with Gasteiger partial charge in [0.2, 0.25) is 0 Å². The number of nitrogens with zero attached hydrogens (tertiary/aromatic N) is 1. The summed E-state index contributed by atoms with van der Waals surface area (Å²) in [4.78, 5) is 11.8. The van der Waals surface area contributed by atoms with E-state index in [0.717, 1.165) is 18.4 Å². The van der Waals surface area contributed by atoms with Crippen LogP contribution in [0.5, 0.6) is 5.75 Å². The Bertz CT molecular complexity index is 981. The Kier molecular flexibility index (Phi) is 7.00. The highest BCUT2D eigenvalue weighted by Gasteiger charge is 2.29. The molecule has 2 aromatic rings. The summed E-state index contributed by atoms with van der Waals surface area (Å²) >= 11 is 6.23. The van der Waals surface area contributed by atoms with Crippen LogP contribution in [-0.2, 0) is 26.0 Å². The summed E-state index contributed by atoms with van der Waals surface area (Å²) < 4.78 is 38.0. The topological polar surface area (TPSA) is 84.9 Å². The Labute approximate surface area is 175 Å². The molecule has 156 valence electrons. The lowest BCUT2D eigenvalue weighted by Crippen LogP contribution is -2.35. The molecule has 1 aliphatic rings. The van der Waals surface area contributed by atoms with Gasteiger partial charge in [0.05, 0.1) is 22.2 Å². The van der Waals surface area contributed by atoms with E-state index >= 15 is 0 Å². The van der Waals surface area contributed by atoms with Crippen molar-refractivity contribution in [2.45, 2.75) is 17.7 Å². The molecule has 0 spiro atoms. The van der Waals surface area contributed by atoms with Crippen LogP contribution in [0.3, 0.4) is 0 Å². The fraction of sp³-hybridized carbons (Fsp3) is 0.350. The third kappa shape index (κ3) is 5.01. The van der Waals surface area contributed by atoms with Gasteiger partial charge in [-0.3, -0.25) is 9.10 Å². The van der Waals surface area contributed by atoms with E-state index in [2.05, 4.69) is 5.32 Å². The Balaban J connectivity index is 1.74. The van der Waals surface area contributed by atoms with E-state index in [1.165, 1.54) is 22.5 Å². The summed E-state index contributed by atoms with van der Waals surface area (Å²) in [5.41, 5.74) is 1.70. The number of hydrogen-bond acceptors (Lipinski definition) is 5. The molecule has 3 rings (SSSR count). The fourth-order valence-electron chi connectivity index (χ4n) is 3.12. The molecule has 0 saturated carbocycles. The van der Waals surface area contributed by atoms with E-state index < -0.39 is 10.0 Å².